The molecular weight excluding hydrogens is 228 g/mol. The molecule has 0 saturated carbocycles. The molecule has 0 rings (SSSR count). The molecule has 0 atom stereocenters. The van der Waals surface area contributed by atoms with Crippen LogP contribution in [0, 0.1) is 10.8 Å². The van der Waals surface area contributed by atoms with Crippen molar-refractivity contribution in [3.05, 3.63) is 0 Å². The van der Waals surface area contributed by atoms with Crippen LogP contribution in [0.4, 0.5) is 0 Å². The van der Waals surface area contributed by atoms with Crippen LogP contribution in [0.2, 0.25) is 0 Å². The molecule has 0 aromatic heterocycles. The second-order valence-electron chi connectivity index (χ2n) is 6.85. The summed E-state index contributed by atoms with van der Waals surface area (Å²) >= 11 is 0. The first-order chi connectivity index (χ1) is 8.06. The van der Waals surface area contributed by atoms with Gasteiger partial charge in [-0.05, 0) is 23.7 Å². The molecule has 0 saturated heterocycles. The van der Waals surface area contributed by atoms with Crippen LogP contribution in [0.3, 0.4) is 0 Å². The van der Waals surface area contributed by atoms with Gasteiger partial charge in [0.15, 0.2) is 0 Å². The van der Waals surface area contributed by atoms with Crippen LogP contribution in [0.25, 0.3) is 0 Å². The maximum absolute atomic E-state index is 11.7. The summed E-state index contributed by atoms with van der Waals surface area (Å²) < 4.78 is 0. The van der Waals surface area contributed by atoms with E-state index in [0.717, 1.165) is 12.8 Å². The first kappa shape index (κ1) is 16.9. The highest BCUT2D eigenvalue weighted by Gasteiger charge is 2.24. The third kappa shape index (κ3) is 9.02. The van der Waals surface area contributed by atoms with Gasteiger partial charge < -0.3 is 10.6 Å². The van der Waals surface area contributed by atoms with Gasteiger partial charge in [-0.15, -0.1) is 0 Å². The van der Waals surface area contributed by atoms with Crippen LogP contribution in [0.5, 0.6) is 0 Å². The average molecular weight is 256 g/mol. The smallest absolute Gasteiger partial charge is 0.239 e. The first-order valence-electron chi connectivity index (χ1n) is 6.53. The molecule has 0 radical (unpaired) electrons. The van der Waals surface area contributed by atoms with Gasteiger partial charge in [0.05, 0.1) is 6.54 Å². The number of hydrogen-bond acceptors (Lipinski definition) is 2. The topological polar surface area (TPSA) is 58.2 Å². The summed E-state index contributed by atoms with van der Waals surface area (Å²) in [7, 11) is 1.56. The van der Waals surface area contributed by atoms with Gasteiger partial charge in [-0.1, -0.05) is 34.6 Å². The second-order valence-corrected chi connectivity index (χ2v) is 6.85. The van der Waals surface area contributed by atoms with Crippen LogP contribution in [0.15, 0.2) is 0 Å². The summed E-state index contributed by atoms with van der Waals surface area (Å²) in [5.41, 5.74) is 0.260. The number of hydrogen-bond donors (Lipinski definition) is 2. The molecule has 2 amide bonds. The lowest BCUT2D eigenvalue weighted by Gasteiger charge is -2.28. The Balaban J connectivity index is 4.07. The Morgan fingerprint density at radius 3 is 1.94 bits per heavy atom. The lowest BCUT2D eigenvalue weighted by molar-refractivity contribution is -0.127. The van der Waals surface area contributed by atoms with Crippen LogP contribution in [0.1, 0.15) is 53.9 Å². The Hall–Kier alpha value is -1.06. The minimum atomic E-state index is -0.171. The minimum Gasteiger partial charge on any atom is -0.358 e. The molecule has 4 nitrogen and oxygen atoms in total. The largest absolute Gasteiger partial charge is 0.358 e. The fraction of sp³-hybridized carbons (Fsp3) is 0.857. The van der Waals surface area contributed by atoms with Crippen molar-refractivity contribution >= 4 is 11.8 Å². The van der Waals surface area contributed by atoms with Gasteiger partial charge in [0.2, 0.25) is 11.8 Å². The first-order valence-corrected chi connectivity index (χ1v) is 6.53. The Labute approximate surface area is 111 Å². The molecule has 2 N–H and O–H groups in total. The second kappa shape index (κ2) is 6.76. The van der Waals surface area contributed by atoms with Crippen molar-refractivity contribution in [1.29, 1.82) is 0 Å². The van der Waals surface area contributed by atoms with Gasteiger partial charge in [0.25, 0.3) is 0 Å². The van der Waals surface area contributed by atoms with Crippen LogP contribution < -0.4 is 10.6 Å². The van der Waals surface area contributed by atoms with E-state index < -0.39 is 0 Å². The molecule has 0 bridgehead atoms. The summed E-state index contributed by atoms with van der Waals surface area (Å²) in [5.74, 6) is -0.228. The fourth-order valence-electron chi connectivity index (χ4n) is 1.57. The van der Waals surface area contributed by atoms with Crippen molar-refractivity contribution in [2.24, 2.45) is 10.8 Å². The number of amides is 2. The van der Waals surface area contributed by atoms with E-state index >= 15 is 0 Å². The van der Waals surface area contributed by atoms with Crippen molar-refractivity contribution < 1.29 is 9.59 Å². The van der Waals surface area contributed by atoms with Crippen LogP contribution >= 0.6 is 0 Å². The molecule has 0 aliphatic heterocycles. The van der Waals surface area contributed by atoms with Crippen molar-refractivity contribution in [3.63, 3.8) is 0 Å². The molecule has 18 heavy (non-hydrogen) atoms. The van der Waals surface area contributed by atoms with Gasteiger partial charge in [0, 0.05) is 13.5 Å². The Morgan fingerprint density at radius 2 is 1.50 bits per heavy atom. The lowest BCUT2D eigenvalue weighted by Crippen LogP contribution is -2.37. The number of rotatable bonds is 6. The van der Waals surface area contributed by atoms with Crippen molar-refractivity contribution in [2.45, 2.75) is 53.9 Å². The van der Waals surface area contributed by atoms with E-state index in [1.807, 2.05) is 0 Å². The summed E-state index contributed by atoms with van der Waals surface area (Å²) in [5, 5.41) is 5.11. The van der Waals surface area contributed by atoms with Gasteiger partial charge in [0.1, 0.15) is 0 Å². The summed E-state index contributed by atoms with van der Waals surface area (Å²) in [4.78, 5) is 22.7. The summed E-state index contributed by atoms with van der Waals surface area (Å²) in [6.45, 7) is 10.9. The highest BCUT2D eigenvalue weighted by atomic mass is 16.2. The van der Waals surface area contributed by atoms with Gasteiger partial charge in [-0.2, -0.15) is 0 Å². The average Bonchev–Trinajstić information content (AvgIpc) is 2.22. The molecule has 0 unspecified atom stereocenters. The third-order valence-electron chi connectivity index (χ3n) is 2.92. The van der Waals surface area contributed by atoms with Gasteiger partial charge in [-0.25, -0.2) is 0 Å². The molecule has 0 aromatic rings. The molecule has 0 spiro atoms. The van der Waals surface area contributed by atoms with E-state index in [9.17, 15) is 9.59 Å². The fourth-order valence-corrected chi connectivity index (χ4v) is 1.57. The predicted octanol–water partition coefficient (Wildman–Crippen LogP) is 2.09. The molecule has 0 fully saturated rings. The molecule has 0 heterocycles. The SMILES string of the molecule is CNC(=O)CNC(=O)CC(C)(C)CCC(C)(C)C. The molecule has 0 aliphatic carbocycles. The zero-order chi connectivity index (χ0) is 14.4. The molecular formula is C14H28N2O2. The minimum absolute atomic E-state index is 0.0277. The summed E-state index contributed by atoms with van der Waals surface area (Å²) in [6.07, 6.45) is 2.55. The third-order valence-corrected chi connectivity index (χ3v) is 2.92. The molecule has 4 heteroatoms. The zero-order valence-electron chi connectivity index (χ0n) is 12.6. The molecule has 106 valence electrons. The monoisotopic (exact) mass is 256 g/mol. The predicted molar refractivity (Wildman–Crippen MR) is 74.2 cm³/mol. The van der Waals surface area contributed by atoms with E-state index in [4.69, 9.17) is 0 Å². The summed E-state index contributed by atoms with van der Waals surface area (Å²) in [6, 6.07) is 0. The van der Waals surface area contributed by atoms with Crippen LogP contribution in [-0.4, -0.2) is 25.4 Å². The Kier molecular flexibility index (Phi) is 6.36. The highest BCUT2D eigenvalue weighted by molar-refractivity contribution is 5.84. The van der Waals surface area contributed by atoms with E-state index in [1.165, 1.54) is 0 Å². The van der Waals surface area contributed by atoms with Gasteiger partial charge >= 0.3 is 0 Å². The van der Waals surface area contributed by atoms with Crippen LogP contribution in [-0.2, 0) is 9.59 Å². The van der Waals surface area contributed by atoms with E-state index in [2.05, 4.69) is 45.3 Å². The number of carbonyl (C=O) groups excluding carboxylic acids is 2. The molecule has 0 aromatic carbocycles. The van der Waals surface area contributed by atoms with E-state index in [-0.39, 0.29) is 29.2 Å². The van der Waals surface area contributed by atoms with Crippen molar-refractivity contribution in [3.8, 4) is 0 Å². The zero-order valence-corrected chi connectivity index (χ0v) is 12.6. The Morgan fingerprint density at radius 1 is 0.944 bits per heavy atom. The quantitative estimate of drug-likeness (QED) is 0.764. The van der Waals surface area contributed by atoms with Gasteiger partial charge in [-0.3, -0.25) is 9.59 Å². The lowest BCUT2D eigenvalue weighted by atomic mass is 9.78. The number of carbonyl (C=O) groups is 2. The van der Waals surface area contributed by atoms with E-state index in [1.54, 1.807) is 7.05 Å². The number of likely N-dealkylation sites (N-methyl/N-ethyl adjacent to an activating group) is 1. The molecule has 0 aliphatic rings. The van der Waals surface area contributed by atoms with Crippen molar-refractivity contribution in [1.82, 2.24) is 10.6 Å². The number of nitrogens with one attached hydrogen (secondary N) is 2. The maximum Gasteiger partial charge on any atom is 0.239 e. The Bertz CT molecular complexity index is 291. The maximum atomic E-state index is 11.7. The van der Waals surface area contributed by atoms with E-state index in [0.29, 0.717) is 6.42 Å². The highest BCUT2D eigenvalue weighted by Crippen LogP contribution is 2.32. The normalized spacial score (nSPS) is 12.1. The standard InChI is InChI=1S/C14H28N2O2/c1-13(2,3)7-8-14(4,5)9-11(17)16-10-12(18)15-6/h7-10H2,1-6H3,(H,15,18)(H,16,17). The van der Waals surface area contributed by atoms with Crippen molar-refractivity contribution in [2.75, 3.05) is 13.6 Å².